The fourth-order valence-electron chi connectivity index (χ4n) is 3.10. The third-order valence-electron chi connectivity index (χ3n) is 4.78. The number of carbonyl (C=O) groups is 1. The van der Waals surface area contributed by atoms with Crippen molar-refractivity contribution >= 4 is 37.5 Å². The minimum absolute atomic E-state index is 0.168. The second-order valence-corrected chi connectivity index (χ2v) is 10.1. The number of sulfonamides is 1. The van der Waals surface area contributed by atoms with Gasteiger partial charge < -0.3 is 10.1 Å². The molecule has 0 saturated heterocycles. The van der Waals surface area contributed by atoms with Crippen LogP contribution in [-0.4, -0.2) is 33.7 Å². The molecule has 0 spiro atoms. The first-order valence-corrected chi connectivity index (χ1v) is 12.7. The molecule has 0 heterocycles. The molecule has 0 aliphatic heterocycles. The minimum atomic E-state index is -3.48. The molecule has 32 heavy (non-hydrogen) atoms. The van der Waals surface area contributed by atoms with Crippen LogP contribution in [0.3, 0.4) is 0 Å². The number of rotatable bonds is 9. The highest BCUT2D eigenvalue weighted by molar-refractivity contribution is 9.10. The summed E-state index contributed by atoms with van der Waals surface area (Å²) in [5.74, 6) is 0.587. The van der Waals surface area contributed by atoms with E-state index in [1.165, 1.54) is 10.6 Å². The third kappa shape index (κ3) is 6.58. The van der Waals surface area contributed by atoms with Crippen molar-refractivity contribution in [2.75, 3.05) is 23.7 Å². The zero-order valence-corrected chi connectivity index (χ0v) is 20.3. The monoisotopic (exact) mass is 516 g/mol. The Balaban J connectivity index is 1.58. The molecule has 0 aromatic heterocycles. The van der Waals surface area contributed by atoms with Crippen LogP contribution in [0.2, 0.25) is 0 Å². The number of carbonyl (C=O) groups excluding carboxylic acids is 1. The largest absolute Gasteiger partial charge is 0.491 e. The van der Waals surface area contributed by atoms with Crippen molar-refractivity contribution in [3.63, 3.8) is 0 Å². The standard InChI is InChI=1S/C24H25BrN2O4S/c1-18-6-3-4-9-23(18)31-15-14-26-24(28)20-12-10-19(11-13-20)17-27(32(2,29)30)22-8-5-7-21(25)16-22/h3-13,16H,14-15,17H2,1-2H3,(H,26,28). The molecule has 0 atom stereocenters. The fourth-order valence-corrected chi connectivity index (χ4v) is 4.37. The summed E-state index contributed by atoms with van der Waals surface area (Å²) in [6.07, 6.45) is 1.18. The van der Waals surface area contributed by atoms with E-state index < -0.39 is 10.0 Å². The minimum Gasteiger partial charge on any atom is -0.491 e. The van der Waals surface area contributed by atoms with Gasteiger partial charge in [0.25, 0.3) is 5.91 Å². The zero-order valence-electron chi connectivity index (χ0n) is 17.9. The van der Waals surface area contributed by atoms with Gasteiger partial charge in [0.2, 0.25) is 10.0 Å². The van der Waals surface area contributed by atoms with E-state index in [1.54, 1.807) is 42.5 Å². The summed E-state index contributed by atoms with van der Waals surface area (Å²) >= 11 is 3.38. The second kappa shape index (κ2) is 10.7. The highest BCUT2D eigenvalue weighted by Gasteiger charge is 2.18. The van der Waals surface area contributed by atoms with Gasteiger partial charge in [-0.15, -0.1) is 0 Å². The Bertz CT molecular complexity index is 1180. The average molecular weight is 517 g/mol. The van der Waals surface area contributed by atoms with Gasteiger partial charge in [0.05, 0.1) is 25.0 Å². The summed E-state index contributed by atoms with van der Waals surface area (Å²) in [5.41, 5.74) is 2.88. The molecule has 0 bridgehead atoms. The number of amides is 1. The SMILES string of the molecule is Cc1ccccc1OCCNC(=O)c1ccc(CN(c2cccc(Br)c2)S(C)(=O)=O)cc1. The van der Waals surface area contributed by atoms with Crippen molar-refractivity contribution in [1.82, 2.24) is 5.32 Å². The Kier molecular flexibility index (Phi) is 7.93. The van der Waals surface area contributed by atoms with Crippen LogP contribution in [0.15, 0.2) is 77.3 Å². The van der Waals surface area contributed by atoms with Crippen LogP contribution in [0.1, 0.15) is 21.5 Å². The number of hydrogen-bond donors (Lipinski definition) is 1. The number of benzene rings is 3. The summed E-state index contributed by atoms with van der Waals surface area (Å²) in [4.78, 5) is 12.4. The van der Waals surface area contributed by atoms with Gasteiger partial charge in [-0.3, -0.25) is 9.10 Å². The number of para-hydroxylation sites is 1. The van der Waals surface area contributed by atoms with Gasteiger partial charge in [0.15, 0.2) is 0 Å². The zero-order chi connectivity index (χ0) is 23.1. The molecule has 0 unspecified atom stereocenters. The Morgan fingerprint density at radius 1 is 1.03 bits per heavy atom. The molecule has 3 aromatic carbocycles. The molecule has 0 aliphatic carbocycles. The number of ether oxygens (including phenoxy) is 1. The molecule has 0 radical (unpaired) electrons. The first-order valence-electron chi connectivity index (χ1n) is 10.0. The van der Waals surface area contributed by atoms with E-state index >= 15 is 0 Å². The molecule has 1 N–H and O–H groups in total. The van der Waals surface area contributed by atoms with Gasteiger partial charge in [-0.1, -0.05) is 52.3 Å². The first kappa shape index (κ1) is 23.8. The predicted molar refractivity (Wildman–Crippen MR) is 131 cm³/mol. The normalized spacial score (nSPS) is 11.1. The Labute approximate surface area is 197 Å². The lowest BCUT2D eigenvalue weighted by Crippen LogP contribution is -2.29. The van der Waals surface area contributed by atoms with Gasteiger partial charge in [-0.05, 0) is 54.4 Å². The van der Waals surface area contributed by atoms with Gasteiger partial charge in [-0.2, -0.15) is 0 Å². The maximum Gasteiger partial charge on any atom is 0.251 e. The highest BCUT2D eigenvalue weighted by atomic mass is 79.9. The summed E-state index contributed by atoms with van der Waals surface area (Å²) < 4.78 is 32.5. The maximum absolute atomic E-state index is 12.4. The van der Waals surface area contributed by atoms with E-state index in [9.17, 15) is 13.2 Å². The maximum atomic E-state index is 12.4. The molecule has 1 amide bonds. The molecule has 168 valence electrons. The number of aryl methyl sites for hydroxylation is 1. The van der Waals surface area contributed by atoms with Crippen LogP contribution in [-0.2, 0) is 16.6 Å². The van der Waals surface area contributed by atoms with Crippen molar-refractivity contribution in [3.8, 4) is 5.75 Å². The molecule has 6 nitrogen and oxygen atoms in total. The van der Waals surface area contributed by atoms with E-state index in [-0.39, 0.29) is 12.5 Å². The van der Waals surface area contributed by atoms with E-state index in [2.05, 4.69) is 21.2 Å². The van der Waals surface area contributed by atoms with Crippen LogP contribution < -0.4 is 14.4 Å². The van der Waals surface area contributed by atoms with Crippen LogP contribution in [0, 0.1) is 6.92 Å². The first-order chi connectivity index (χ1) is 15.2. The average Bonchev–Trinajstić information content (AvgIpc) is 2.75. The van der Waals surface area contributed by atoms with Crippen molar-refractivity contribution in [3.05, 3.63) is 94.0 Å². The molecule has 3 aromatic rings. The van der Waals surface area contributed by atoms with Crippen LogP contribution in [0.4, 0.5) is 5.69 Å². The number of anilines is 1. The van der Waals surface area contributed by atoms with Crippen LogP contribution in [0.5, 0.6) is 5.75 Å². The molecular formula is C24H25BrN2O4S. The predicted octanol–water partition coefficient (Wildman–Crippen LogP) is 4.53. The quantitative estimate of drug-likeness (QED) is 0.424. The third-order valence-corrected chi connectivity index (χ3v) is 6.41. The Morgan fingerprint density at radius 3 is 2.41 bits per heavy atom. The van der Waals surface area contributed by atoms with Crippen LogP contribution >= 0.6 is 15.9 Å². The van der Waals surface area contributed by atoms with Crippen molar-refractivity contribution in [2.45, 2.75) is 13.5 Å². The van der Waals surface area contributed by atoms with Gasteiger partial charge in [-0.25, -0.2) is 8.42 Å². The molecule has 3 rings (SSSR count). The molecule has 0 aliphatic rings. The lowest BCUT2D eigenvalue weighted by Gasteiger charge is -2.23. The number of nitrogens with zero attached hydrogens (tertiary/aromatic N) is 1. The topological polar surface area (TPSA) is 75.7 Å². The highest BCUT2D eigenvalue weighted by Crippen LogP contribution is 2.24. The van der Waals surface area contributed by atoms with Gasteiger partial charge >= 0.3 is 0 Å². The molecule has 0 fully saturated rings. The van der Waals surface area contributed by atoms with Gasteiger partial charge in [0.1, 0.15) is 12.4 Å². The van der Waals surface area contributed by atoms with Gasteiger partial charge in [0, 0.05) is 10.0 Å². The van der Waals surface area contributed by atoms with Crippen molar-refractivity contribution in [1.29, 1.82) is 0 Å². The summed E-state index contributed by atoms with van der Waals surface area (Å²) in [7, 11) is -3.48. The fraction of sp³-hybridized carbons (Fsp3) is 0.208. The number of halogens is 1. The van der Waals surface area contributed by atoms with E-state index in [0.29, 0.717) is 24.4 Å². The van der Waals surface area contributed by atoms with Crippen molar-refractivity contribution in [2.24, 2.45) is 0 Å². The Morgan fingerprint density at radius 2 is 1.75 bits per heavy atom. The summed E-state index contributed by atoms with van der Waals surface area (Å²) in [5, 5.41) is 2.83. The van der Waals surface area contributed by atoms with E-state index in [0.717, 1.165) is 21.3 Å². The molecule has 0 saturated carbocycles. The van der Waals surface area contributed by atoms with E-state index in [4.69, 9.17) is 4.74 Å². The molecule has 8 heteroatoms. The smallest absolute Gasteiger partial charge is 0.251 e. The lowest BCUT2D eigenvalue weighted by atomic mass is 10.1. The second-order valence-electron chi connectivity index (χ2n) is 7.32. The summed E-state index contributed by atoms with van der Waals surface area (Å²) in [6.45, 7) is 2.88. The number of nitrogens with one attached hydrogen (secondary N) is 1. The molecular weight excluding hydrogens is 492 g/mol. The van der Waals surface area contributed by atoms with E-state index in [1.807, 2.05) is 37.3 Å². The van der Waals surface area contributed by atoms with Crippen LogP contribution in [0.25, 0.3) is 0 Å². The summed E-state index contributed by atoms with van der Waals surface area (Å²) in [6, 6.07) is 21.7. The Hall–Kier alpha value is -2.84. The van der Waals surface area contributed by atoms with Crippen molar-refractivity contribution < 1.29 is 17.9 Å². The lowest BCUT2D eigenvalue weighted by molar-refractivity contribution is 0.0947. The number of hydrogen-bond acceptors (Lipinski definition) is 4.